The molecule has 0 radical (unpaired) electrons. The molecule has 8 heteroatoms. The number of morpholine rings is 2. The van der Waals surface area contributed by atoms with Gasteiger partial charge in [0.2, 0.25) is 0 Å². The minimum atomic E-state index is 0.452. The molecular weight excluding hydrogens is 406 g/mol. The third kappa shape index (κ3) is 7.92. The molecule has 1 atom stereocenters. The molecular formula is C24H41N5O3. The predicted molar refractivity (Wildman–Crippen MR) is 128 cm³/mol. The maximum Gasteiger partial charge on any atom is 0.191 e. The predicted octanol–water partition coefficient (Wildman–Crippen LogP) is 1.42. The van der Waals surface area contributed by atoms with Crippen LogP contribution in [0.3, 0.4) is 0 Å². The summed E-state index contributed by atoms with van der Waals surface area (Å²) in [4.78, 5) is 9.33. The molecule has 2 aliphatic heterocycles. The van der Waals surface area contributed by atoms with Gasteiger partial charge in [-0.2, -0.15) is 0 Å². The Morgan fingerprint density at radius 1 is 1.03 bits per heavy atom. The molecule has 0 bridgehead atoms. The van der Waals surface area contributed by atoms with Gasteiger partial charge in [-0.3, -0.25) is 14.8 Å². The summed E-state index contributed by atoms with van der Waals surface area (Å²) in [7, 11) is 1.82. The molecule has 0 aromatic heterocycles. The second-order valence-corrected chi connectivity index (χ2v) is 8.68. The Morgan fingerprint density at radius 2 is 1.72 bits per heavy atom. The molecule has 1 aromatic rings. The normalized spacial score (nSPS) is 19.7. The fourth-order valence-corrected chi connectivity index (χ4v) is 4.20. The van der Waals surface area contributed by atoms with Gasteiger partial charge in [-0.1, -0.05) is 32.0 Å². The van der Waals surface area contributed by atoms with E-state index in [0.717, 1.165) is 83.0 Å². The molecule has 180 valence electrons. The minimum Gasteiger partial charge on any atom is -0.492 e. The van der Waals surface area contributed by atoms with E-state index in [4.69, 9.17) is 14.2 Å². The lowest BCUT2D eigenvalue weighted by Gasteiger charge is -2.37. The standard InChI is InChI=1S/C24H41N5O3/c1-20(2)22(29-11-15-31-16-12-29)19-27-24(25-3)26-18-21-6-4-5-7-23(21)32-17-10-28-8-13-30-14-9-28/h4-7,20,22H,8-19H2,1-3H3,(H2,25,26,27). The number of benzene rings is 1. The van der Waals surface area contributed by atoms with E-state index in [1.54, 1.807) is 0 Å². The van der Waals surface area contributed by atoms with Crippen molar-refractivity contribution in [1.29, 1.82) is 0 Å². The van der Waals surface area contributed by atoms with Crippen molar-refractivity contribution in [2.24, 2.45) is 10.9 Å². The monoisotopic (exact) mass is 447 g/mol. The zero-order chi connectivity index (χ0) is 22.6. The first-order chi connectivity index (χ1) is 15.7. The van der Waals surface area contributed by atoms with E-state index in [-0.39, 0.29) is 0 Å². The Kier molecular flexibility index (Phi) is 10.5. The molecule has 2 fully saturated rings. The third-order valence-corrected chi connectivity index (χ3v) is 6.17. The van der Waals surface area contributed by atoms with Crippen molar-refractivity contribution in [1.82, 2.24) is 20.4 Å². The number of hydrogen-bond donors (Lipinski definition) is 2. The van der Waals surface area contributed by atoms with Gasteiger partial charge in [0.05, 0.1) is 26.4 Å². The Labute approximate surface area is 193 Å². The number of hydrogen-bond acceptors (Lipinski definition) is 6. The van der Waals surface area contributed by atoms with Gasteiger partial charge in [-0.05, 0) is 12.0 Å². The summed E-state index contributed by atoms with van der Waals surface area (Å²) in [5.74, 6) is 2.29. The highest BCUT2D eigenvalue weighted by Gasteiger charge is 2.24. The minimum absolute atomic E-state index is 0.452. The zero-order valence-electron chi connectivity index (χ0n) is 20.0. The van der Waals surface area contributed by atoms with E-state index < -0.39 is 0 Å². The number of aliphatic imine (C=N–C) groups is 1. The molecule has 3 rings (SSSR count). The second-order valence-electron chi connectivity index (χ2n) is 8.68. The summed E-state index contributed by atoms with van der Waals surface area (Å²) in [5, 5.41) is 6.97. The molecule has 1 aromatic carbocycles. The first-order valence-corrected chi connectivity index (χ1v) is 11.9. The van der Waals surface area contributed by atoms with Gasteiger partial charge in [0.25, 0.3) is 0 Å². The van der Waals surface area contributed by atoms with Crippen LogP contribution in [0.2, 0.25) is 0 Å². The first kappa shape index (κ1) is 24.8. The van der Waals surface area contributed by atoms with Crippen LogP contribution in [-0.4, -0.2) is 101 Å². The largest absolute Gasteiger partial charge is 0.492 e. The first-order valence-electron chi connectivity index (χ1n) is 11.9. The molecule has 2 aliphatic rings. The van der Waals surface area contributed by atoms with E-state index in [1.165, 1.54) is 0 Å². The van der Waals surface area contributed by atoms with Crippen LogP contribution in [0.15, 0.2) is 29.3 Å². The fraction of sp³-hybridized carbons (Fsp3) is 0.708. The van der Waals surface area contributed by atoms with Crippen LogP contribution in [0.25, 0.3) is 0 Å². The number of ether oxygens (including phenoxy) is 3. The quantitative estimate of drug-likeness (QED) is 0.415. The van der Waals surface area contributed by atoms with Crippen molar-refractivity contribution in [2.75, 3.05) is 79.4 Å². The molecule has 8 nitrogen and oxygen atoms in total. The summed E-state index contributed by atoms with van der Waals surface area (Å²) in [5.41, 5.74) is 1.13. The average molecular weight is 448 g/mol. The topological polar surface area (TPSA) is 70.6 Å². The lowest BCUT2D eigenvalue weighted by atomic mass is 10.0. The van der Waals surface area contributed by atoms with Crippen LogP contribution in [0.1, 0.15) is 19.4 Å². The summed E-state index contributed by atoms with van der Waals surface area (Å²) < 4.78 is 17.0. The SMILES string of the molecule is CN=C(NCc1ccccc1OCCN1CCOCC1)NCC(C(C)C)N1CCOCC1. The Hall–Kier alpha value is -1.87. The molecule has 2 N–H and O–H groups in total. The van der Waals surface area contributed by atoms with Crippen LogP contribution in [-0.2, 0) is 16.0 Å². The highest BCUT2D eigenvalue weighted by molar-refractivity contribution is 5.79. The Bertz CT molecular complexity index is 688. The number of rotatable bonds is 10. The Balaban J connectivity index is 1.46. The van der Waals surface area contributed by atoms with Gasteiger partial charge >= 0.3 is 0 Å². The van der Waals surface area contributed by atoms with Gasteiger partial charge in [-0.25, -0.2) is 0 Å². The van der Waals surface area contributed by atoms with E-state index in [1.807, 2.05) is 19.2 Å². The second kappa shape index (κ2) is 13.6. The van der Waals surface area contributed by atoms with E-state index in [2.05, 4.69) is 51.4 Å². The maximum atomic E-state index is 6.11. The molecule has 2 heterocycles. The number of guanidine groups is 1. The lowest BCUT2D eigenvalue weighted by Crippen LogP contribution is -2.52. The number of para-hydroxylation sites is 1. The third-order valence-electron chi connectivity index (χ3n) is 6.17. The number of nitrogens with zero attached hydrogens (tertiary/aromatic N) is 3. The lowest BCUT2D eigenvalue weighted by molar-refractivity contribution is 0.00752. The van der Waals surface area contributed by atoms with Gasteiger partial charge < -0.3 is 24.8 Å². The van der Waals surface area contributed by atoms with Crippen molar-refractivity contribution in [3.8, 4) is 5.75 Å². The summed E-state index contributed by atoms with van der Waals surface area (Å²) in [6.45, 7) is 14.9. The van der Waals surface area contributed by atoms with Crippen molar-refractivity contribution in [3.05, 3.63) is 29.8 Å². The number of nitrogens with one attached hydrogen (secondary N) is 2. The fourth-order valence-electron chi connectivity index (χ4n) is 4.20. The molecule has 0 amide bonds. The Morgan fingerprint density at radius 3 is 2.41 bits per heavy atom. The van der Waals surface area contributed by atoms with Gasteiger partial charge in [-0.15, -0.1) is 0 Å². The summed E-state index contributed by atoms with van der Waals surface area (Å²) in [6.07, 6.45) is 0. The van der Waals surface area contributed by atoms with Gasteiger partial charge in [0, 0.05) is 64.5 Å². The zero-order valence-corrected chi connectivity index (χ0v) is 20.0. The van der Waals surface area contributed by atoms with Crippen LogP contribution in [0, 0.1) is 5.92 Å². The highest BCUT2D eigenvalue weighted by atomic mass is 16.5. The van der Waals surface area contributed by atoms with Crippen LogP contribution in [0.5, 0.6) is 5.75 Å². The van der Waals surface area contributed by atoms with Gasteiger partial charge in [0.1, 0.15) is 12.4 Å². The highest BCUT2D eigenvalue weighted by Crippen LogP contribution is 2.18. The van der Waals surface area contributed by atoms with Crippen molar-refractivity contribution < 1.29 is 14.2 Å². The summed E-state index contributed by atoms with van der Waals surface area (Å²) >= 11 is 0. The molecule has 2 saturated heterocycles. The molecule has 32 heavy (non-hydrogen) atoms. The van der Waals surface area contributed by atoms with Crippen molar-refractivity contribution >= 4 is 5.96 Å². The summed E-state index contributed by atoms with van der Waals surface area (Å²) in [6, 6.07) is 8.67. The van der Waals surface area contributed by atoms with Crippen molar-refractivity contribution in [2.45, 2.75) is 26.4 Å². The van der Waals surface area contributed by atoms with E-state index in [9.17, 15) is 0 Å². The van der Waals surface area contributed by atoms with Crippen LogP contribution >= 0.6 is 0 Å². The van der Waals surface area contributed by atoms with Crippen LogP contribution < -0.4 is 15.4 Å². The molecule has 0 aliphatic carbocycles. The smallest absolute Gasteiger partial charge is 0.191 e. The van der Waals surface area contributed by atoms with E-state index in [0.29, 0.717) is 25.1 Å². The van der Waals surface area contributed by atoms with Crippen molar-refractivity contribution in [3.63, 3.8) is 0 Å². The molecule has 1 unspecified atom stereocenters. The van der Waals surface area contributed by atoms with Crippen LogP contribution in [0.4, 0.5) is 0 Å². The van der Waals surface area contributed by atoms with E-state index >= 15 is 0 Å². The molecule has 0 saturated carbocycles. The average Bonchev–Trinajstić information content (AvgIpc) is 2.83. The van der Waals surface area contributed by atoms with Gasteiger partial charge in [0.15, 0.2) is 5.96 Å². The molecule has 0 spiro atoms. The maximum absolute atomic E-state index is 6.11.